The van der Waals surface area contributed by atoms with E-state index < -0.39 is 0 Å². The minimum atomic E-state index is -0.147. The molecule has 136 valence electrons. The van der Waals surface area contributed by atoms with E-state index in [0.717, 1.165) is 22.6 Å². The maximum atomic E-state index is 12.1. The SMILES string of the molecule is CC(C)c1ccc(/C=C/C(=O)Nc2ccc(Nc3ccccc3)cc2)cc1. The Hall–Kier alpha value is -3.33. The lowest BCUT2D eigenvalue weighted by Gasteiger charge is -2.08. The van der Waals surface area contributed by atoms with Gasteiger partial charge < -0.3 is 10.6 Å². The summed E-state index contributed by atoms with van der Waals surface area (Å²) in [6.45, 7) is 4.33. The Morgan fingerprint density at radius 1 is 0.778 bits per heavy atom. The van der Waals surface area contributed by atoms with E-state index in [0.29, 0.717) is 5.92 Å². The molecule has 3 rings (SSSR count). The Bertz CT molecular complexity index is 895. The Kier molecular flexibility index (Phi) is 6.06. The van der Waals surface area contributed by atoms with Crippen LogP contribution in [0.15, 0.2) is 84.9 Å². The number of hydrogen-bond donors (Lipinski definition) is 2. The molecule has 2 N–H and O–H groups in total. The van der Waals surface area contributed by atoms with Crippen LogP contribution in [-0.2, 0) is 4.79 Å². The third-order valence-corrected chi connectivity index (χ3v) is 4.25. The van der Waals surface area contributed by atoms with Gasteiger partial charge in [-0.1, -0.05) is 56.3 Å². The quantitative estimate of drug-likeness (QED) is 0.516. The summed E-state index contributed by atoms with van der Waals surface area (Å²) in [6.07, 6.45) is 3.38. The maximum absolute atomic E-state index is 12.1. The van der Waals surface area contributed by atoms with Crippen LogP contribution < -0.4 is 10.6 Å². The van der Waals surface area contributed by atoms with Crippen molar-refractivity contribution in [2.75, 3.05) is 10.6 Å². The van der Waals surface area contributed by atoms with Crippen molar-refractivity contribution in [3.05, 3.63) is 96.1 Å². The van der Waals surface area contributed by atoms with Gasteiger partial charge in [-0.25, -0.2) is 0 Å². The molecule has 0 unspecified atom stereocenters. The average Bonchev–Trinajstić information content (AvgIpc) is 2.69. The Morgan fingerprint density at radius 3 is 2.00 bits per heavy atom. The van der Waals surface area contributed by atoms with Crippen LogP contribution in [-0.4, -0.2) is 5.91 Å². The Balaban J connectivity index is 1.55. The summed E-state index contributed by atoms with van der Waals surface area (Å²) in [5.74, 6) is 0.359. The normalized spacial score (nSPS) is 10.9. The molecule has 3 nitrogen and oxygen atoms in total. The van der Waals surface area contributed by atoms with Crippen LogP contribution in [0.25, 0.3) is 6.08 Å². The molecular formula is C24H24N2O. The smallest absolute Gasteiger partial charge is 0.248 e. The number of anilines is 3. The van der Waals surface area contributed by atoms with Crippen molar-refractivity contribution >= 4 is 29.0 Å². The van der Waals surface area contributed by atoms with Crippen molar-refractivity contribution in [3.63, 3.8) is 0 Å². The van der Waals surface area contributed by atoms with E-state index in [4.69, 9.17) is 0 Å². The van der Waals surface area contributed by atoms with Crippen LogP contribution in [0.3, 0.4) is 0 Å². The lowest BCUT2D eigenvalue weighted by molar-refractivity contribution is -0.111. The van der Waals surface area contributed by atoms with Crippen molar-refractivity contribution in [2.45, 2.75) is 19.8 Å². The molecule has 0 aliphatic heterocycles. The molecule has 0 spiro atoms. The van der Waals surface area contributed by atoms with E-state index in [9.17, 15) is 4.79 Å². The molecule has 27 heavy (non-hydrogen) atoms. The van der Waals surface area contributed by atoms with E-state index in [1.165, 1.54) is 5.56 Å². The van der Waals surface area contributed by atoms with Crippen molar-refractivity contribution in [3.8, 4) is 0 Å². The van der Waals surface area contributed by atoms with Crippen molar-refractivity contribution in [1.29, 1.82) is 0 Å². The second-order valence-corrected chi connectivity index (χ2v) is 6.71. The van der Waals surface area contributed by atoms with E-state index in [2.05, 4.69) is 36.6 Å². The molecule has 3 heteroatoms. The lowest BCUT2D eigenvalue weighted by Crippen LogP contribution is -2.07. The second kappa shape index (κ2) is 8.86. The molecule has 0 bridgehead atoms. The molecule has 3 aromatic rings. The molecule has 0 aliphatic rings. The number of amides is 1. The monoisotopic (exact) mass is 356 g/mol. The van der Waals surface area contributed by atoms with Crippen LogP contribution in [0.5, 0.6) is 0 Å². The minimum absolute atomic E-state index is 0.147. The van der Waals surface area contributed by atoms with Crippen molar-refractivity contribution in [2.24, 2.45) is 0 Å². The van der Waals surface area contributed by atoms with Crippen molar-refractivity contribution < 1.29 is 4.79 Å². The van der Waals surface area contributed by atoms with Crippen molar-refractivity contribution in [1.82, 2.24) is 0 Å². The van der Waals surface area contributed by atoms with Crippen LogP contribution >= 0.6 is 0 Å². The van der Waals surface area contributed by atoms with Gasteiger partial charge in [0.05, 0.1) is 0 Å². The van der Waals surface area contributed by atoms with E-state index in [1.807, 2.05) is 72.8 Å². The standard InChI is InChI=1S/C24H24N2O/c1-18(2)20-11-8-19(9-12-20)10-17-24(27)26-23-15-13-22(14-16-23)25-21-6-4-3-5-7-21/h3-18,25H,1-2H3,(H,26,27)/b17-10+. The molecule has 1 amide bonds. The van der Waals surface area contributed by atoms with Crippen LogP contribution in [0, 0.1) is 0 Å². The van der Waals surface area contributed by atoms with Gasteiger partial charge in [0, 0.05) is 23.1 Å². The fourth-order valence-electron chi connectivity index (χ4n) is 2.67. The highest BCUT2D eigenvalue weighted by molar-refractivity contribution is 6.02. The average molecular weight is 356 g/mol. The fraction of sp³-hybridized carbons (Fsp3) is 0.125. The first-order valence-electron chi connectivity index (χ1n) is 9.11. The van der Waals surface area contributed by atoms with Gasteiger partial charge in [0.1, 0.15) is 0 Å². The van der Waals surface area contributed by atoms with Gasteiger partial charge >= 0.3 is 0 Å². The highest BCUT2D eigenvalue weighted by Gasteiger charge is 2.00. The third kappa shape index (κ3) is 5.58. The van der Waals surface area contributed by atoms with Gasteiger partial charge in [-0.3, -0.25) is 4.79 Å². The summed E-state index contributed by atoms with van der Waals surface area (Å²) in [7, 11) is 0. The van der Waals surface area contributed by atoms with Crippen LogP contribution in [0.1, 0.15) is 30.9 Å². The molecular weight excluding hydrogens is 332 g/mol. The first kappa shape index (κ1) is 18.5. The van der Waals surface area contributed by atoms with Gasteiger partial charge in [0.25, 0.3) is 0 Å². The molecule has 0 saturated carbocycles. The van der Waals surface area contributed by atoms with E-state index >= 15 is 0 Å². The molecule has 0 saturated heterocycles. The van der Waals surface area contributed by atoms with Gasteiger partial charge in [-0.15, -0.1) is 0 Å². The second-order valence-electron chi connectivity index (χ2n) is 6.71. The highest BCUT2D eigenvalue weighted by Crippen LogP contribution is 2.19. The number of nitrogens with one attached hydrogen (secondary N) is 2. The number of hydrogen-bond acceptors (Lipinski definition) is 2. The Morgan fingerprint density at radius 2 is 1.37 bits per heavy atom. The molecule has 0 radical (unpaired) electrons. The molecule has 0 heterocycles. The topological polar surface area (TPSA) is 41.1 Å². The van der Waals surface area contributed by atoms with E-state index in [1.54, 1.807) is 6.08 Å². The molecule has 0 aliphatic carbocycles. The zero-order valence-corrected chi connectivity index (χ0v) is 15.6. The van der Waals surface area contributed by atoms with E-state index in [-0.39, 0.29) is 5.91 Å². The predicted octanol–water partition coefficient (Wildman–Crippen LogP) is 6.21. The fourth-order valence-corrected chi connectivity index (χ4v) is 2.67. The molecule has 3 aromatic carbocycles. The molecule has 0 fully saturated rings. The van der Waals surface area contributed by atoms with Gasteiger partial charge in [-0.2, -0.15) is 0 Å². The molecule has 0 atom stereocenters. The van der Waals surface area contributed by atoms with Gasteiger partial charge in [0.15, 0.2) is 0 Å². The number of rotatable bonds is 6. The first-order chi connectivity index (χ1) is 13.1. The van der Waals surface area contributed by atoms with Gasteiger partial charge in [0.2, 0.25) is 5.91 Å². The highest BCUT2D eigenvalue weighted by atomic mass is 16.1. The summed E-state index contributed by atoms with van der Waals surface area (Å²) in [5.41, 5.74) is 5.07. The van der Waals surface area contributed by atoms with Crippen LogP contribution in [0.4, 0.5) is 17.1 Å². The lowest BCUT2D eigenvalue weighted by atomic mass is 10.0. The third-order valence-electron chi connectivity index (χ3n) is 4.25. The number of benzene rings is 3. The predicted molar refractivity (Wildman–Crippen MR) is 114 cm³/mol. The first-order valence-corrected chi connectivity index (χ1v) is 9.11. The zero-order chi connectivity index (χ0) is 19.1. The van der Waals surface area contributed by atoms with Crippen LogP contribution in [0.2, 0.25) is 0 Å². The molecule has 0 aromatic heterocycles. The van der Waals surface area contributed by atoms with Gasteiger partial charge in [-0.05, 0) is 59.5 Å². The summed E-state index contributed by atoms with van der Waals surface area (Å²) in [6, 6.07) is 25.9. The number of carbonyl (C=O) groups is 1. The summed E-state index contributed by atoms with van der Waals surface area (Å²) >= 11 is 0. The number of para-hydroxylation sites is 1. The largest absolute Gasteiger partial charge is 0.356 e. The maximum Gasteiger partial charge on any atom is 0.248 e. The summed E-state index contributed by atoms with van der Waals surface area (Å²) < 4.78 is 0. The zero-order valence-electron chi connectivity index (χ0n) is 15.6. The summed E-state index contributed by atoms with van der Waals surface area (Å²) in [5, 5.41) is 6.20. The Labute approximate surface area is 160 Å². The minimum Gasteiger partial charge on any atom is -0.356 e. The number of carbonyl (C=O) groups excluding carboxylic acids is 1. The summed E-state index contributed by atoms with van der Waals surface area (Å²) in [4.78, 5) is 12.1.